The van der Waals surface area contributed by atoms with Gasteiger partial charge in [0.2, 0.25) is 0 Å². The quantitative estimate of drug-likeness (QED) is 0.0951. The van der Waals surface area contributed by atoms with Gasteiger partial charge >= 0.3 is 0 Å². The van der Waals surface area contributed by atoms with Crippen LogP contribution < -0.4 is 0 Å². The number of furan rings is 3. The first kappa shape index (κ1) is 83.6. The molecule has 0 fully saturated rings. The van der Waals surface area contributed by atoms with Gasteiger partial charge in [-0.05, 0) is 117 Å². The summed E-state index contributed by atoms with van der Waals surface area (Å²) in [5.41, 5.74) is 35.9. The molecule has 18 aromatic carbocycles. The van der Waals surface area contributed by atoms with Crippen LogP contribution in [0.3, 0.4) is 0 Å². The van der Waals surface area contributed by atoms with E-state index in [-0.39, 0.29) is 0 Å². The van der Waals surface area contributed by atoms with Gasteiger partial charge in [0.1, 0.15) is 33.3 Å². The summed E-state index contributed by atoms with van der Waals surface area (Å²) < 4.78 is 19.3. The third-order valence-corrected chi connectivity index (χ3v) is 26.0. The van der Waals surface area contributed by atoms with Crippen molar-refractivity contribution in [3.8, 4) is 169 Å². The lowest BCUT2D eigenvalue weighted by atomic mass is 9.97. The molecule has 0 aliphatic carbocycles. The second-order valence-electron chi connectivity index (χ2n) is 34.7. The normalized spacial score (nSPS) is 11.4. The fourth-order valence-electron chi connectivity index (χ4n) is 18.9. The minimum absolute atomic E-state index is 0.612. The number of pyridine rings is 3. The average molecular weight is 1810 g/mol. The summed E-state index contributed by atoms with van der Waals surface area (Å²) in [7, 11) is 0. The summed E-state index contributed by atoms with van der Waals surface area (Å²) in [4.78, 5) is 50.1. The summed E-state index contributed by atoms with van der Waals surface area (Å²) in [6.07, 6.45) is 0. The Morgan fingerprint density at radius 1 is 0.128 bits per heavy atom. The Morgan fingerprint density at radius 3 is 0.574 bits per heavy atom. The summed E-state index contributed by atoms with van der Waals surface area (Å²) in [6.45, 7) is 0. The van der Waals surface area contributed by atoms with Crippen molar-refractivity contribution in [3.05, 3.63) is 485 Å². The van der Waals surface area contributed by atoms with Crippen LogP contribution >= 0.6 is 0 Å². The second kappa shape index (κ2) is 36.5. The third kappa shape index (κ3) is 16.3. The number of rotatable bonds is 15. The van der Waals surface area contributed by atoms with Crippen LogP contribution in [-0.2, 0) is 0 Å². The van der Waals surface area contributed by atoms with Crippen LogP contribution in [-0.4, -0.2) is 49.8 Å². The van der Waals surface area contributed by atoms with Crippen molar-refractivity contribution < 1.29 is 13.3 Å². The molecule has 0 saturated heterocycles. The first-order valence-electron chi connectivity index (χ1n) is 47.0. The minimum Gasteiger partial charge on any atom is -0.454 e. The van der Waals surface area contributed by atoms with Gasteiger partial charge in [-0.3, -0.25) is 0 Å². The predicted octanol–water partition coefficient (Wildman–Crippen LogP) is 33.2. The molecule has 0 bridgehead atoms. The van der Waals surface area contributed by atoms with Gasteiger partial charge in [0.25, 0.3) is 0 Å². The van der Waals surface area contributed by atoms with E-state index in [2.05, 4.69) is 315 Å². The molecule has 27 aromatic rings. The van der Waals surface area contributed by atoms with Crippen LogP contribution in [0.1, 0.15) is 0 Å². The van der Waals surface area contributed by atoms with E-state index in [0.717, 1.165) is 211 Å². The molecule has 27 rings (SSSR count). The molecular weight excluding hydrogens is 1730 g/mol. The number of hydrogen-bond donors (Lipinski definition) is 0. The largest absolute Gasteiger partial charge is 0.454 e. The van der Waals surface area contributed by atoms with Crippen molar-refractivity contribution in [3.63, 3.8) is 0 Å². The van der Waals surface area contributed by atoms with E-state index in [1.54, 1.807) is 0 Å². The van der Waals surface area contributed by atoms with Crippen LogP contribution in [0, 0.1) is 0 Å². The highest BCUT2D eigenvalue weighted by molar-refractivity contribution is 6.18. The van der Waals surface area contributed by atoms with E-state index in [1.165, 1.54) is 27.8 Å². The van der Waals surface area contributed by atoms with Crippen LogP contribution in [0.25, 0.3) is 268 Å². The standard InChI is InChI=1S/2C43H27N3O.C42H26N4O/c1-3-11-28(12-4-1)29-19-21-30(22-20-29)37-27-38(46-43(45-37)33-13-5-2-6-14-33)31-23-25-32(26-24-31)40-34-15-7-9-17-36(34)44-41-35-16-8-10-18-39(35)47-42(40)41;1-3-11-28(12-4-1)29-19-21-31(22-20-29)38-27-37(30-13-5-2-6-14-30)45-43(46-38)33-25-23-32(24-26-33)40-34-15-7-9-17-36(34)44-41-35-16-8-10-18-39(35)47-42(40)41;1-3-11-27(12-4-1)28-19-23-31(24-20-28)41-44-40(30-13-5-2-6-14-30)45-42(46-41)32-25-21-29(22-26-32)37-33-15-7-9-17-35(33)43-38-34-16-8-10-18-36(34)47-39(37)38/h2*1-27H;1-26H. The molecule has 13 heteroatoms. The fourth-order valence-corrected chi connectivity index (χ4v) is 18.9. The maximum absolute atomic E-state index is 6.44. The second-order valence-corrected chi connectivity index (χ2v) is 34.7. The summed E-state index contributed by atoms with van der Waals surface area (Å²) >= 11 is 0. The molecule has 0 aliphatic rings. The third-order valence-electron chi connectivity index (χ3n) is 26.0. The van der Waals surface area contributed by atoms with Crippen molar-refractivity contribution in [2.24, 2.45) is 0 Å². The molecule has 0 unspecified atom stereocenters. The highest BCUT2D eigenvalue weighted by Gasteiger charge is 2.25. The number of benzene rings is 18. The molecule has 0 radical (unpaired) electrons. The topological polar surface area (TPSA) is 168 Å². The van der Waals surface area contributed by atoms with Crippen molar-refractivity contribution in [2.75, 3.05) is 0 Å². The predicted molar refractivity (Wildman–Crippen MR) is 573 cm³/mol. The molecule has 9 heterocycles. The van der Waals surface area contributed by atoms with E-state index in [4.69, 9.17) is 63.1 Å². The molecule has 9 aromatic heterocycles. The molecule has 0 N–H and O–H groups in total. The molecule has 0 amide bonds. The van der Waals surface area contributed by atoms with E-state index in [9.17, 15) is 0 Å². The average Bonchev–Trinajstić information content (AvgIpc) is 1.61. The zero-order valence-electron chi connectivity index (χ0n) is 75.9. The molecule has 0 atom stereocenters. The molecule has 141 heavy (non-hydrogen) atoms. The zero-order valence-corrected chi connectivity index (χ0v) is 75.9. The van der Waals surface area contributed by atoms with Gasteiger partial charge in [-0.1, -0.05) is 419 Å². The number of fused-ring (bicyclic) bond motifs is 12. The fraction of sp³-hybridized carbons (Fsp3) is 0. The minimum atomic E-state index is 0.612. The Balaban J connectivity index is 0.000000111. The lowest BCUT2D eigenvalue weighted by Gasteiger charge is -2.11. The molecule has 660 valence electrons. The molecule has 0 aliphatic heterocycles. The number of aromatic nitrogens is 10. The number of hydrogen-bond acceptors (Lipinski definition) is 13. The highest BCUT2D eigenvalue weighted by Crippen LogP contribution is 2.46. The first-order chi connectivity index (χ1) is 69.8. The van der Waals surface area contributed by atoms with Gasteiger partial charge in [-0.15, -0.1) is 0 Å². The van der Waals surface area contributed by atoms with Crippen molar-refractivity contribution >= 4 is 98.9 Å². The Hall–Kier alpha value is -19.2. The highest BCUT2D eigenvalue weighted by atomic mass is 16.3. The zero-order chi connectivity index (χ0) is 93.5. The van der Waals surface area contributed by atoms with Crippen molar-refractivity contribution in [1.82, 2.24) is 49.8 Å². The Labute approximate surface area is 810 Å². The van der Waals surface area contributed by atoms with Gasteiger partial charge in [0.05, 0.1) is 39.3 Å². The molecular formula is C128H80N10O3. The van der Waals surface area contributed by atoms with Crippen LogP contribution in [0.5, 0.6) is 0 Å². The van der Waals surface area contributed by atoms with Gasteiger partial charge in [0, 0.05) is 99.1 Å². The Bertz CT molecular complexity index is 8480. The van der Waals surface area contributed by atoms with Gasteiger partial charge in [0.15, 0.2) is 45.9 Å². The first-order valence-corrected chi connectivity index (χ1v) is 47.0. The Morgan fingerprint density at radius 2 is 0.305 bits per heavy atom. The smallest absolute Gasteiger partial charge is 0.164 e. The van der Waals surface area contributed by atoms with Crippen LogP contribution in [0.2, 0.25) is 0 Å². The lowest BCUT2D eigenvalue weighted by molar-refractivity contribution is 0.669. The van der Waals surface area contributed by atoms with Gasteiger partial charge in [-0.2, -0.15) is 0 Å². The lowest BCUT2D eigenvalue weighted by Crippen LogP contribution is -2.00. The van der Waals surface area contributed by atoms with Gasteiger partial charge in [-0.25, -0.2) is 49.8 Å². The van der Waals surface area contributed by atoms with Crippen LogP contribution in [0.4, 0.5) is 0 Å². The summed E-state index contributed by atoms with van der Waals surface area (Å²) in [5, 5.41) is 6.19. The van der Waals surface area contributed by atoms with Crippen molar-refractivity contribution in [1.29, 1.82) is 0 Å². The molecule has 13 nitrogen and oxygen atoms in total. The van der Waals surface area contributed by atoms with Crippen molar-refractivity contribution in [2.45, 2.75) is 0 Å². The van der Waals surface area contributed by atoms with E-state index in [0.29, 0.717) is 29.1 Å². The maximum atomic E-state index is 6.44. The Kier molecular flexibility index (Phi) is 21.6. The van der Waals surface area contributed by atoms with Crippen LogP contribution in [0.15, 0.2) is 499 Å². The summed E-state index contributed by atoms with van der Waals surface area (Å²) in [6, 6.07) is 166. The van der Waals surface area contributed by atoms with E-state index >= 15 is 0 Å². The van der Waals surface area contributed by atoms with E-state index in [1.807, 2.05) is 170 Å². The summed E-state index contributed by atoms with van der Waals surface area (Å²) in [5.74, 6) is 3.24. The number of nitrogens with zero attached hydrogens (tertiary/aromatic N) is 10. The van der Waals surface area contributed by atoms with E-state index < -0.39 is 0 Å². The van der Waals surface area contributed by atoms with Gasteiger partial charge < -0.3 is 13.3 Å². The monoisotopic (exact) mass is 1800 g/mol. The molecule has 0 spiro atoms. The maximum Gasteiger partial charge on any atom is 0.164 e. The number of para-hydroxylation sites is 6. The SMILES string of the molecule is c1ccc(-c2ccc(-c3cc(-c4ccc(-c5c6ccccc6nc6c5oc5ccccc56)cc4)nc(-c4ccccc4)n3)cc2)cc1.c1ccc(-c2ccc(-c3cc(-c4ccccc4)nc(-c4ccc(-c5c6ccccc6nc6c5oc5ccccc56)cc4)n3)cc2)cc1.c1ccc(-c2ccc(-c3nc(-c4ccccc4)nc(-c4ccc(-c5c6ccccc6nc6c5oc5ccccc56)cc4)n3)cc2)cc1. The molecule has 0 saturated carbocycles.